The summed E-state index contributed by atoms with van der Waals surface area (Å²) in [7, 11) is 0. The zero-order valence-corrected chi connectivity index (χ0v) is 19.1. The number of rotatable bonds is 2. The normalized spacial score (nSPS) is 44.1. The number of fused-ring (bicyclic) bond motifs is 5. The monoisotopic (exact) mass is 406 g/mol. The molecule has 3 saturated carbocycles. The summed E-state index contributed by atoms with van der Waals surface area (Å²) < 4.78 is 0. The third-order valence-electron chi connectivity index (χ3n) is 8.95. The lowest BCUT2D eigenvalue weighted by atomic mass is 9.46. The third-order valence-corrected chi connectivity index (χ3v) is 8.95. The minimum absolute atomic E-state index is 0.117. The molecule has 4 heteroatoms. The quantitative estimate of drug-likeness (QED) is 0.578. The number of ketones is 1. The summed E-state index contributed by atoms with van der Waals surface area (Å²) in [6, 6.07) is 0. The van der Waals surface area contributed by atoms with Gasteiger partial charge in [0, 0.05) is 6.42 Å². The number of hydrogen-bond acceptors (Lipinski definition) is 4. The van der Waals surface area contributed by atoms with E-state index in [-0.39, 0.29) is 10.8 Å². The molecule has 0 heterocycles. The highest BCUT2D eigenvalue weighted by Crippen LogP contribution is 2.68. The number of carbonyl (C=O) groups is 1. The summed E-state index contributed by atoms with van der Waals surface area (Å²) in [4.78, 5) is 11.9. The van der Waals surface area contributed by atoms with E-state index in [0.717, 1.165) is 50.4 Å². The Balaban J connectivity index is 0.000000431. The average Bonchev–Trinajstić information content (AvgIpc) is 2.86. The average molecular weight is 407 g/mol. The van der Waals surface area contributed by atoms with E-state index in [4.69, 9.17) is 10.2 Å². The minimum Gasteiger partial charge on any atom is -0.389 e. The fourth-order valence-corrected chi connectivity index (χ4v) is 7.49. The van der Waals surface area contributed by atoms with Gasteiger partial charge in [0.05, 0.1) is 5.60 Å². The molecule has 0 aliphatic heterocycles. The first-order valence-electron chi connectivity index (χ1n) is 11.7. The summed E-state index contributed by atoms with van der Waals surface area (Å²) in [5.41, 5.74) is 1.39. The molecule has 3 N–H and O–H groups in total. The van der Waals surface area contributed by atoms with E-state index in [1.165, 1.54) is 45.1 Å². The van der Waals surface area contributed by atoms with Crippen molar-refractivity contribution in [3.8, 4) is 0 Å². The lowest BCUT2D eigenvalue weighted by Gasteiger charge is -2.59. The van der Waals surface area contributed by atoms with E-state index in [1.54, 1.807) is 0 Å². The fraction of sp³-hybridized carbons (Fsp3) is 0.880. The van der Waals surface area contributed by atoms with Gasteiger partial charge in [-0.05, 0) is 99.9 Å². The standard InChI is InChI=1S/C22H34O2.C3H8O2/c1-4-10-22(24)13-9-19-17-6-5-15-14-16(23)7-11-20(15,2)18(17)8-12-21(19,22)3;1-3(2,4)5/h14,17-19,24H,4-13H2,1-3H3;4-5H,1-2H3/t17-,18+,19+,20+,21+,22+;/m1./s1. The van der Waals surface area contributed by atoms with Crippen LogP contribution in [-0.4, -0.2) is 32.5 Å². The molecule has 4 aliphatic carbocycles. The van der Waals surface area contributed by atoms with Crippen LogP contribution in [0.4, 0.5) is 0 Å². The predicted octanol–water partition coefficient (Wildman–Crippen LogP) is 4.76. The maximum atomic E-state index is 11.9. The van der Waals surface area contributed by atoms with Crippen molar-refractivity contribution in [1.82, 2.24) is 0 Å². The number of allylic oxidation sites excluding steroid dienone is 1. The van der Waals surface area contributed by atoms with E-state index in [1.807, 2.05) is 6.08 Å². The summed E-state index contributed by atoms with van der Waals surface area (Å²) >= 11 is 0. The van der Waals surface area contributed by atoms with Crippen LogP contribution in [0.1, 0.15) is 98.8 Å². The number of aliphatic hydroxyl groups is 3. The summed E-state index contributed by atoms with van der Waals surface area (Å²) in [6.45, 7) is 9.64. The van der Waals surface area contributed by atoms with Crippen LogP contribution in [-0.2, 0) is 4.79 Å². The van der Waals surface area contributed by atoms with Crippen molar-refractivity contribution in [3.63, 3.8) is 0 Å². The van der Waals surface area contributed by atoms with E-state index in [9.17, 15) is 9.90 Å². The molecule has 29 heavy (non-hydrogen) atoms. The minimum atomic E-state index is -1.50. The zero-order valence-electron chi connectivity index (χ0n) is 19.1. The Hall–Kier alpha value is -0.710. The van der Waals surface area contributed by atoms with Crippen LogP contribution in [0.3, 0.4) is 0 Å². The highest BCUT2D eigenvalue weighted by atomic mass is 16.5. The molecule has 0 unspecified atom stereocenters. The highest BCUT2D eigenvalue weighted by molar-refractivity contribution is 5.91. The Labute approximate surface area is 176 Å². The SMILES string of the molecule is CC(C)(O)O.CCC[C@]1(O)CC[C@H]2[C@@H]3CCC4=CC(=O)CC[C@]4(C)[C@H]3CC[C@@]21C. The van der Waals surface area contributed by atoms with E-state index >= 15 is 0 Å². The predicted molar refractivity (Wildman–Crippen MR) is 115 cm³/mol. The Morgan fingerprint density at radius 3 is 2.28 bits per heavy atom. The van der Waals surface area contributed by atoms with Gasteiger partial charge in [-0.25, -0.2) is 0 Å². The maximum absolute atomic E-state index is 11.9. The van der Waals surface area contributed by atoms with Gasteiger partial charge in [0.1, 0.15) is 0 Å². The van der Waals surface area contributed by atoms with E-state index in [2.05, 4.69) is 20.8 Å². The van der Waals surface area contributed by atoms with Gasteiger partial charge in [0.15, 0.2) is 11.6 Å². The van der Waals surface area contributed by atoms with Gasteiger partial charge in [0.2, 0.25) is 0 Å². The molecule has 0 saturated heterocycles. The second kappa shape index (κ2) is 7.76. The van der Waals surface area contributed by atoms with Crippen LogP contribution in [0.2, 0.25) is 0 Å². The lowest BCUT2D eigenvalue weighted by molar-refractivity contribution is -0.132. The summed E-state index contributed by atoms with van der Waals surface area (Å²) in [5, 5.41) is 27.6. The molecule has 0 amide bonds. The van der Waals surface area contributed by atoms with Crippen LogP contribution < -0.4 is 0 Å². The van der Waals surface area contributed by atoms with Crippen molar-refractivity contribution in [2.24, 2.45) is 28.6 Å². The summed E-state index contributed by atoms with van der Waals surface area (Å²) in [6.07, 6.45) is 12.8. The van der Waals surface area contributed by atoms with Crippen LogP contribution >= 0.6 is 0 Å². The van der Waals surface area contributed by atoms with Gasteiger partial charge in [-0.2, -0.15) is 0 Å². The fourth-order valence-electron chi connectivity index (χ4n) is 7.49. The largest absolute Gasteiger partial charge is 0.389 e. The maximum Gasteiger partial charge on any atom is 0.156 e. The first-order valence-corrected chi connectivity index (χ1v) is 11.7. The van der Waals surface area contributed by atoms with Gasteiger partial charge < -0.3 is 15.3 Å². The van der Waals surface area contributed by atoms with Gasteiger partial charge in [-0.3, -0.25) is 4.79 Å². The molecular formula is C25H42O4. The van der Waals surface area contributed by atoms with E-state index in [0.29, 0.717) is 11.7 Å². The molecule has 6 atom stereocenters. The smallest absolute Gasteiger partial charge is 0.156 e. The number of hydrogen-bond donors (Lipinski definition) is 3. The van der Waals surface area contributed by atoms with Gasteiger partial charge >= 0.3 is 0 Å². The first kappa shape index (κ1) is 23.0. The Kier molecular flexibility index (Phi) is 6.15. The molecule has 0 aromatic rings. The first-order chi connectivity index (χ1) is 13.3. The van der Waals surface area contributed by atoms with Crippen molar-refractivity contribution in [1.29, 1.82) is 0 Å². The van der Waals surface area contributed by atoms with Gasteiger partial charge in [-0.1, -0.05) is 32.8 Å². The molecular weight excluding hydrogens is 364 g/mol. The van der Waals surface area contributed by atoms with E-state index < -0.39 is 11.4 Å². The Morgan fingerprint density at radius 2 is 1.66 bits per heavy atom. The lowest BCUT2D eigenvalue weighted by Crippen LogP contribution is -2.54. The molecule has 4 rings (SSSR count). The van der Waals surface area contributed by atoms with Crippen molar-refractivity contribution in [3.05, 3.63) is 11.6 Å². The zero-order chi connectivity index (χ0) is 21.7. The van der Waals surface area contributed by atoms with Gasteiger partial charge in [0.25, 0.3) is 0 Å². The number of carbonyl (C=O) groups excluding carboxylic acids is 1. The topological polar surface area (TPSA) is 77.8 Å². The Morgan fingerprint density at radius 1 is 1.03 bits per heavy atom. The van der Waals surface area contributed by atoms with Crippen LogP contribution in [0.15, 0.2) is 11.6 Å². The molecule has 4 aliphatic rings. The van der Waals surface area contributed by atoms with Crippen LogP contribution in [0, 0.1) is 28.6 Å². The van der Waals surface area contributed by atoms with Crippen molar-refractivity contribution >= 4 is 5.78 Å². The third kappa shape index (κ3) is 4.09. The molecule has 0 aromatic heterocycles. The molecule has 0 radical (unpaired) electrons. The Bertz CT molecular complexity index is 656. The molecule has 0 bridgehead atoms. The van der Waals surface area contributed by atoms with Gasteiger partial charge in [-0.15, -0.1) is 0 Å². The molecule has 3 fully saturated rings. The van der Waals surface area contributed by atoms with Crippen molar-refractivity contribution in [2.75, 3.05) is 0 Å². The van der Waals surface area contributed by atoms with Crippen molar-refractivity contribution in [2.45, 2.75) is 110 Å². The molecule has 166 valence electrons. The molecule has 0 aromatic carbocycles. The molecule has 4 nitrogen and oxygen atoms in total. The van der Waals surface area contributed by atoms with Crippen LogP contribution in [0.5, 0.6) is 0 Å². The second-order valence-electron chi connectivity index (χ2n) is 11.2. The second-order valence-corrected chi connectivity index (χ2v) is 11.2. The van der Waals surface area contributed by atoms with Crippen LogP contribution in [0.25, 0.3) is 0 Å². The van der Waals surface area contributed by atoms with Crippen molar-refractivity contribution < 1.29 is 20.1 Å². The highest BCUT2D eigenvalue weighted by Gasteiger charge is 2.63. The summed E-state index contributed by atoms with van der Waals surface area (Å²) in [5.74, 6) is 1.01. The molecule has 0 spiro atoms.